The molecule has 20 heavy (non-hydrogen) atoms. The maximum Gasteiger partial charge on any atom is 0.305 e. The topological polar surface area (TPSA) is 99.4 Å². The first-order valence-corrected chi connectivity index (χ1v) is 5.86. The van der Waals surface area contributed by atoms with Gasteiger partial charge in [0, 0.05) is 5.56 Å². The van der Waals surface area contributed by atoms with Crippen molar-refractivity contribution < 1.29 is 19.4 Å². The lowest BCUT2D eigenvalue weighted by Crippen LogP contribution is -2.07. The van der Waals surface area contributed by atoms with Crippen molar-refractivity contribution in [2.45, 2.75) is 13.0 Å². The van der Waals surface area contributed by atoms with Gasteiger partial charge in [-0.3, -0.25) is 4.79 Å². The first kappa shape index (κ1) is 13.8. The van der Waals surface area contributed by atoms with Crippen LogP contribution in [0.15, 0.2) is 18.2 Å². The second-order valence-corrected chi connectivity index (χ2v) is 3.92. The van der Waals surface area contributed by atoms with E-state index < -0.39 is 5.97 Å². The number of carbonyl (C=O) groups is 1. The zero-order valence-corrected chi connectivity index (χ0v) is 11.1. The van der Waals surface area contributed by atoms with Crippen molar-refractivity contribution >= 4 is 5.97 Å². The molecule has 0 saturated carbocycles. The van der Waals surface area contributed by atoms with Crippen LogP contribution in [0, 0.1) is 0 Å². The van der Waals surface area contributed by atoms with E-state index in [2.05, 4.69) is 15.4 Å². The van der Waals surface area contributed by atoms with Crippen LogP contribution in [-0.4, -0.2) is 45.5 Å². The molecule has 0 aliphatic heterocycles. The molecule has 0 spiro atoms. The molecule has 0 bridgehead atoms. The third-order valence-electron chi connectivity index (χ3n) is 2.62. The maximum absolute atomic E-state index is 10.5. The molecule has 2 rings (SSSR count). The van der Waals surface area contributed by atoms with Crippen LogP contribution in [0.5, 0.6) is 11.5 Å². The number of hydrogen-bond acceptors (Lipinski definition) is 6. The van der Waals surface area contributed by atoms with Gasteiger partial charge in [-0.25, -0.2) is 0 Å². The van der Waals surface area contributed by atoms with Gasteiger partial charge >= 0.3 is 5.97 Å². The van der Waals surface area contributed by atoms with Crippen LogP contribution in [-0.2, 0) is 11.3 Å². The Labute approximate surface area is 114 Å². The smallest absolute Gasteiger partial charge is 0.305 e. The van der Waals surface area contributed by atoms with Gasteiger partial charge in [0.2, 0.25) is 5.82 Å². The minimum atomic E-state index is -0.907. The Balaban J connectivity index is 2.21. The van der Waals surface area contributed by atoms with Crippen LogP contribution in [0.3, 0.4) is 0 Å². The molecule has 2 aromatic rings. The monoisotopic (exact) mass is 278 g/mol. The summed E-state index contributed by atoms with van der Waals surface area (Å²) in [7, 11) is 3.09. The molecule has 0 radical (unpaired) electrons. The van der Waals surface area contributed by atoms with Crippen molar-refractivity contribution in [1.29, 1.82) is 0 Å². The van der Waals surface area contributed by atoms with E-state index in [0.29, 0.717) is 22.9 Å². The molecule has 0 saturated heterocycles. The summed E-state index contributed by atoms with van der Waals surface area (Å²) in [4.78, 5) is 11.7. The summed E-state index contributed by atoms with van der Waals surface area (Å²) in [5.74, 6) is 0.660. The van der Waals surface area contributed by atoms with Crippen LogP contribution in [0.25, 0.3) is 11.4 Å². The van der Waals surface area contributed by atoms with E-state index in [4.69, 9.17) is 14.6 Å². The predicted molar refractivity (Wildman–Crippen MR) is 68.6 cm³/mol. The standard InChI is InChI=1S/C12H14N4O4/c1-19-9-4-3-8(7-10(9)20-2)12-13-15-16(14-12)6-5-11(17)18/h3-4,7H,5-6H2,1-2H3,(H,17,18). The third kappa shape index (κ3) is 3.02. The molecule has 1 aromatic carbocycles. The van der Waals surface area contributed by atoms with Gasteiger partial charge in [-0.05, 0) is 23.4 Å². The fraction of sp³-hybridized carbons (Fsp3) is 0.333. The van der Waals surface area contributed by atoms with E-state index in [0.717, 1.165) is 0 Å². The summed E-state index contributed by atoms with van der Waals surface area (Å²) in [5.41, 5.74) is 0.712. The molecule has 0 unspecified atom stereocenters. The number of tetrazole rings is 1. The highest BCUT2D eigenvalue weighted by Crippen LogP contribution is 2.30. The second kappa shape index (κ2) is 6.00. The zero-order valence-electron chi connectivity index (χ0n) is 11.1. The first-order valence-electron chi connectivity index (χ1n) is 5.86. The molecule has 1 aromatic heterocycles. The van der Waals surface area contributed by atoms with Gasteiger partial charge in [0.25, 0.3) is 0 Å². The lowest BCUT2D eigenvalue weighted by atomic mass is 10.2. The predicted octanol–water partition coefficient (Wildman–Crippen LogP) is 0.832. The number of rotatable bonds is 6. The van der Waals surface area contributed by atoms with Crippen LogP contribution >= 0.6 is 0 Å². The highest BCUT2D eigenvalue weighted by Gasteiger charge is 2.11. The van der Waals surface area contributed by atoms with E-state index in [1.807, 2.05) is 0 Å². The van der Waals surface area contributed by atoms with Gasteiger partial charge in [-0.1, -0.05) is 0 Å². The Kier molecular flexibility index (Phi) is 4.14. The second-order valence-electron chi connectivity index (χ2n) is 3.92. The quantitative estimate of drug-likeness (QED) is 0.835. The fourth-order valence-corrected chi connectivity index (χ4v) is 1.62. The molecule has 0 fully saturated rings. The van der Waals surface area contributed by atoms with Crippen molar-refractivity contribution in [3.8, 4) is 22.9 Å². The van der Waals surface area contributed by atoms with E-state index in [-0.39, 0.29) is 13.0 Å². The number of carboxylic acids is 1. The number of aryl methyl sites for hydroxylation is 1. The van der Waals surface area contributed by atoms with E-state index in [1.165, 1.54) is 4.80 Å². The summed E-state index contributed by atoms with van der Waals surface area (Å²) in [6, 6.07) is 5.25. The van der Waals surface area contributed by atoms with Gasteiger partial charge in [0.05, 0.1) is 27.2 Å². The molecule has 1 heterocycles. The van der Waals surface area contributed by atoms with Crippen LogP contribution in [0.1, 0.15) is 6.42 Å². The fourth-order valence-electron chi connectivity index (χ4n) is 1.62. The molecule has 106 valence electrons. The lowest BCUT2D eigenvalue weighted by Gasteiger charge is -2.07. The highest BCUT2D eigenvalue weighted by molar-refractivity contribution is 5.66. The molecule has 0 atom stereocenters. The average Bonchev–Trinajstić information content (AvgIpc) is 2.93. The summed E-state index contributed by atoms with van der Waals surface area (Å²) >= 11 is 0. The van der Waals surface area contributed by atoms with Gasteiger partial charge < -0.3 is 14.6 Å². The van der Waals surface area contributed by atoms with Gasteiger partial charge in [-0.15, -0.1) is 10.2 Å². The number of aromatic nitrogens is 4. The molecular weight excluding hydrogens is 264 g/mol. The van der Waals surface area contributed by atoms with Crippen molar-refractivity contribution in [1.82, 2.24) is 20.2 Å². The van der Waals surface area contributed by atoms with Crippen molar-refractivity contribution in [3.63, 3.8) is 0 Å². The number of ether oxygens (including phenoxy) is 2. The van der Waals surface area contributed by atoms with E-state index in [9.17, 15) is 4.79 Å². The number of hydrogen-bond donors (Lipinski definition) is 1. The molecule has 0 aliphatic carbocycles. The summed E-state index contributed by atoms with van der Waals surface area (Å²) in [6.07, 6.45) is -0.0538. The maximum atomic E-state index is 10.5. The number of nitrogens with zero attached hydrogens (tertiary/aromatic N) is 4. The highest BCUT2D eigenvalue weighted by atomic mass is 16.5. The Morgan fingerprint density at radius 2 is 2.05 bits per heavy atom. The normalized spacial score (nSPS) is 10.3. The first-order chi connectivity index (χ1) is 9.63. The molecule has 1 N–H and O–H groups in total. The number of benzene rings is 1. The largest absolute Gasteiger partial charge is 0.493 e. The Hall–Kier alpha value is -2.64. The van der Waals surface area contributed by atoms with Crippen LogP contribution in [0.4, 0.5) is 0 Å². The minimum Gasteiger partial charge on any atom is -0.493 e. The minimum absolute atomic E-state index is 0.0538. The van der Waals surface area contributed by atoms with Crippen LogP contribution in [0.2, 0.25) is 0 Å². The Morgan fingerprint density at radius 3 is 2.70 bits per heavy atom. The Morgan fingerprint density at radius 1 is 1.30 bits per heavy atom. The molecule has 0 aliphatic rings. The number of methoxy groups -OCH3 is 2. The SMILES string of the molecule is COc1ccc(-c2nnn(CCC(=O)O)n2)cc1OC. The zero-order chi connectivity index (χ0) is 14.5. The van der Waals surface area contributed by atoms with Crippen molar-refractivity contribution in [2.75, 3.05) is 14.2 Å². The van der Waals surface area contributed by atoms with Crippen molar-refractivity contribution in [2.24, 2.45) is 0 Å². The van der Waals surface area contributed by atoms with Gasteiger partial charge in [0.1, 0.15) is 0 Å². The summed E-state index contributed by atoms with van der Waals surface area (Å²) in [5, 5.41) is 20.4. The third-order valence-corrected chi connectivity index (χ3v) is 2.62. The summed E-state index contributed by atoms with van der Waals surface area (Å²) in [6.45, 7) is 0.176. The number of carboxylic acid groups (broad SMARTS) is 1. The Bertz CT molecular complexity index is 611. The van der Waals surface area contributed by atoms with Crippen LogP contribution < -0.4 is 9.47 Å². The molecule has 8 heteroatoms. The average molecular weight is 278 g/mol. The molecule has 0 amide bonds. The number of aliphatic carboxylic acids is 1. The molecular formula is C12H14N4O4. The lowest BCUT2D eigenvalue weighted by molar-refractivity contribution is -0.137. The molecule has 8 nitrogen and oxygen atoms in total. The van der Waals surface area contributed by atoms with Gasteiger partial charge in [-0.2, -0.15) is 4.80 Å². The van der Waals surface area contributed by atoms with Crippen molar-refractivity contribution in [3.05, 3.63) is 18.2 Å². The van der Waals surface area contributed by atoms with E-state index >= 15 is 0 Å². The van der Waals surface area contributed by atoms with E-state index in [1.54, 1.807) is 32.4 Å². The van der Waals surface area contributed by atoms with Gasteiger partial charge in [0.15, 0.2) is 11.5 Å². The summed E-state index contributed by atoms with van der Waals surface area (Å²) < 4.78 is 10.3.